The molecule has 0 heterocycles. The topological polar surface area (TPSA) is 46.3 Å². The highest BCUT2D eigenvalue weighted by atomic mass is 16.2. The Bertz CT molecular complexity index is 216. The Labute approximate surface area is 93.0 Å². The van der Waals surface area contributed by atoms with E-state index in [0.29, 0.717) is 30.2 Å². The van der Waals surface area contributed by atoms with Crippen LogP contribution in [0.4, 0.5) is 0 Å². The number of amides is 1. The molecule has 2 unspecified atom stereocenters. The molecule has 0 aliphatic heterocycles. The monoisotopic (exact) mass is 212 g/mol. The van der Waals surface area contributed by atoms with Crippen LogP contribution in [0.15, 0.2) is 0 Å². The van der Waals surface area contributed by atoms with Gasteiger partial charge in [0.1, 0.15) is 0 Å². The van der Waals surface area contributed by atoms with Crippen LogP contribution in [0, 0.1) is 17.8 Å². The molecule has 1 rings (SSSR count). The van der Waals surface area contributed by atoms with Crippen LogP contribution < -0.4 is 5.73 Å². The third kappa shape index (κ3) is 3.82. The lowest BCUT2D eigenvalue weighted by Gasteiger charge is -2.24. The van der Waals surface area contributed by atoms with E-state index in [9.17, 15) is 4.79 Å². The van der Waals surface area contributed by atoms with E-state index in [2.05, 4.69) is 20.8 Å². The zero-order valence-electron chi connectivity index (χ0n) is 10.2. The molecular formula is C12H24N2O. The van der Waals surface area contributed by atoms with Gasteiger partial charge in [-0.2, -0.15) is 0 Å². The lowest BCUT2D eigenvalue weighted by molar-refractivity contribution is -0.133. The standard InChI is InChI=1S/C12H24N2O/c1-9(2)8-14(6-4-5-13)12(15)11-7-10(11)3/h9-11H,4-8,13H2,1-3H3. The van der Waals surface area contributed by atoms with E-state index in [4.69, 9.17) is 5.73 Å². The van der Waals surface area contributed by atoms with E-state index >= 15 is 0 Å². The summed E-state index contributed by atoms with van der Waals surface area (Å²) in [4.78, 5) is 14.0. The Morgan fingerprint density at radius 2 is 2.13 bits per heavy atom. The number of carbonyl (C=O) groups excluding carboxylic acids is 1. The molecule has 1 amide bonds. The summed E-state index contributed by atoms with van der Waals surface area (Å²) < 4.78 is 0. The van der Waals surface area contributed by atoms with Gasteiger partial charge in [-0.25, -0.2) is 0 Å². The van der Waals surface area contributed by atoms with Gasteiger partial charge in [0.15, 0.2) is 0 Å². The smallest absolute Gasteiger partial charge is 0.225 e. The van der Waals surface area contributed by atoms with Crippen molar-refractivity contribution in [1.29, 1.82) is 0 Å². The maximum absolute atomic E-state index is 12.0. The fraction of sp³-hybridized carbons (Fsp3) is 0.917. The molecule has 0 spiro atoms. The molecule has 2 N–H and O–H groups in total. The Morgan fingerprint density at radius 1 is 1.53 bits per heavy atom. The molecule has 88 valence electrons. The van der Waals surface area contributed by atoms with Gasteiger partial charge in [-0.3, -0.25) is 4.79 Å². The van der Waals surface area contributed by atoms with E-state index < -0.39 is 0 Å². The van der Waals surface area contributed by atoms with Gasteiger partial charge in [0.05, 0.1) is 0 Å². The zero-order valence-corrected chi connectivity index (χ0v) is 10.2. The van der Waals surface area contributed by atoms with Crippen LogP contribution in [0.25, 0.3) is 0 Å². The number of rotatable bonds is 6. The highest BCUT2D eigenvalue weighted by Gasteiger charge is 2.41. The second-order valence-electron chi connectivity index (χ2n) is 5.14. The van der Waals surface area contributed by atoms with E-state index in [1.54, 1.807) is 0 Å². The zero-order chi connectivity index (χ0) is 11.4. The molecule has 1 aliphatic rings. The first-order valence-corrected chi connectivity index (χ1v) is 6.05. The first kappa shape index (κ1) is 12.5. The Balaban J connectivity index is 2.43. The van der Waals surface area contributed by atoms with Crippen LogP contribution in [0.5, 0.6) is 0 Å². The normalized spacial score (nSPS) is 24.3. The second-order valence-corrected chi connectivity index (χ2v) is 5.14. The van der Waals surface area contributed by atoms with Crippen molar-refractivity contribution < 1.29 is 4.79 Å². The molecule has 0 aromatic carbocycles. The number of hydrogen-bond acceptors (Lipinski definition) is 2. The minimum Gasteiger partial charge on any atom is -0.342 e. The van der Waals surface area contributed by atoms with Crippen molar-refractivity contribution in [3.63, 3.8) is 0 Å². The van der Waals surface area contributed by atoms with Gasteiger partial charge < -0.3 is 10.6 Å². The van der Waals surface area contributed by atoms with Crippen molar-refractivity contribution in [3.05, 3.63) is 0 Å². The van der Waals surface area contributed by atoms with Crippen LogP contribution in [0.2, 0.25) is 0 Å². The highest BCUT2D eigenvalue weighted by molar-refractivity contribution is 5.81. The minimum atomic E-state index is 0.307. The number of carbonyl (C=O) groups is 1. The van der Waals surface area contributed by atoms with Crippen molar-refractivity contribution in [2.75, 3.05) is 19.6 Å². The average molecular weight is 212 g/mol. The number of hydrogen-bond donors (Lipinski definition) is 1. The predicted octanol–water partition coefficient (Wildman–Crippen LogP) is 1.48. The van der Waals surface area contributed by atoms with Crippen molar-refractivity contribution in [3.8, 4) is 0 Å². The van der Waals surface area contributed by atoms with Gasteiger partial charge in [0, 0.05) is 19.0 Å². The second kappa shape index (κ2) is 5.50. The third-order valence-electron chi connectivity index (χ3n) is 2.96. The van der Waals surface area contributed by atoms with Crippen LogP contribution in [0.1, 0.15) is 33.6 Å². The fourth-order valence-corrected chi connectivity index (χ4v) is 1.92. The molecule has 1 fully saturated rings. The quantitative estimate of drug-likeness (QED) is 0.725. The Kier molecular flexibility index (Phi) is 4.58. The summed E-state index contributed by atoms with van der Waals surface area (Å²) in [6.07, 6.45) is 2.00. The van der Waals surface area contributed by atoms with Gasteiger partial charge in [-0.05, 0) is 31.2 Å². The molecule has 3 nitrogen and oxygen atoms in total. The summed E-state index contributed by atoms with van der Waals surface area (Å²) in [6.45, 7) is 8.83. The summed E-state index contributed by atoms with van der Waals surface area (Å²) in [5.74, 6) is 1.80. The highest BCUT2D eigenvalue weighted by Crippen LogP contribution is 2.39. The molecule has 2 atom stereocenters. The van der Waals surface area contributed by atoms with E-state index in [0.717, 1.165) is 25.9 Å². The number of nitrogens with two attached hydrogens (primary N) is 1. The molecule has 1 aliphatic carbocycles. The third-order valence-corrected chi connectivity index (χ3v) is 2.96. The SMILES string of the molecule is CC(C)CN(CCCN)C(=O)C1CC1C. The predicted molar refractivity (Wildman–Crippen MR) is 62.4 cm³/mol. The fourth-order valence-electron chi connectivity index (χ4n) is 1.92. The van der Waals surface area contributed by atoms with Gasteiger partial charge in [-0.1, -0.05) is 20.8 Å². The lowest BCUT2D eigenvalue weighted by atomic mass is 10.2. The van der Waals surface area contributed by atoms with Gasteiger partial charge >= 0.3 is 0 Å². The minimum absolute atomic E-state index is 0.307. The van der Waals surface area contributed by atoms with Crippen molar-refractivity contribution in [2.45, 2.75) is 33.6 Å². The van der Waals surface area contributed by atoms with Crippen LogP contribution in [0.3, 0.4) is 0 Å². The summed E-state index contributed by atoms with van der Waals surface area (Å²) in [7, 11) is 0. The van der Waals surface area contributed by atoms with Crippen molar-refractivity contribution in [1.82, 2.24) is 4.90 Å². The van der Waals surface area contributed by atoms with Gasteiger partial charge in [-0.15, -0.1) is 0 Å². The lowest BCUT2D eigenvalue weighted by Crippen LogP contribution is -2.37. The first-order valence-electron chi connectivity index (χ1n) is 6.05. The molecule has 0 radical (unpaired) electrons. The summed E-state index contributed by atoms with van der Waals surface area (Å²) in [5.41, 5.74) is 5.49. The molecule has 0 bridgehead atoms. The van der Waals surface area contributed by atoms with E-state index in [1.165, 1.54) is 0 Å². The van der Waals surface area contributed by atoms with E-state index in [1.807, 2.05) is 4.90 Å². The summed E-state index contributed by atoms with van der Waals surface area (Å²) in [5, 5.41) is 0. The number of nitrogens with zero attached hydrogens (tertiary/aromatic N) is 1. The summed E-state index contributed by atoms with van der Waals surface area (Å²) in [6, 6.07) is 0. The Hall–Kier alpha value is -0.570. The van der Waals surface area contributed by atoms with Crippen LogP contribution in [-0.2, 0) is 4.79 Å². The Morgan fingerprint density at radius 3 is 2.53 bits per heavy atom. The van der Waals surface area contributed by atoms with Crippen LogP contribution in [-0.4, -0.2) is 30.4 Å². The first-order chi connectivity index (χ1) is 7.06. The molecule has 0 aromatic heterocycles. The molecule has 0 aromatic rings. The molecule has 1 saturated carbocycles. The summed E-state index contributed by atoms with van der Waals surface area (Å²) >= 11 is 0. The molecular weight excluding hydrogens is 188 g/mol. The van der Waals surface area contributed by atoms with Gasteiger partial charge in [0.25, 0.3) is 0 Å². The molecule has 0 saturated heterocycles. The molecule has 3 heteroatoms. The van der Waals surface area contributed by atoms with Gasteiger partial charge in [0.2, 0.25) is 5.91 Å². The van der Waals surface area contributed by atoms with E-state index in [-0.39, 0.29) is 0 Å². The van der Waals surface area contributed by atoms with Crippen molar-refractivity contribution >= 4 is 5.91 Å². The van der Waals surface area contributed by atoms with Crippen LogP contribution >= 0.6 is 0 Å². The largest absolute Gasteiger partial charge is 0.342 e. The average Bonchev–Trinajstić information content (AvgIpc) is 2.88. The van der Waals surface area contributed by atoms with Crippen molar-refractivity contribution in [2.24, 2.45) is 23.5 Å². The maximum Gasteiger partial charge on any atom is 0.225 e. The maximum atomic E-state index is 12.0. The molecule has 15 heavy (non-hydrogen) atoms.